The molecule has 0 spiro atoms. The van der Waals surface area contributed by atoms with E-state index in [0.29, 0.717) is 5.56 Å². The number of nitriles is 1. The van der Waals surface area contributed by atoms with Crippen molar-refractivity contribution in [2.75, 3.05) is 5.73 Å². The van der Waals surface area contributed by atoms with E-state index in [1.807, 2.05) is 37.3 Å². The van der Waals surface area contributed by atoms with E-state index in [2.05, 4.69) is 5.10 Å². The van der Waals surface area contributed by atoms with E-state index in [4.69, 9.17) is 10.5 Å². The minimum Gasteiger partial charge on any atom is -0.471 e. The first-order chi connectivity index (χ1) is 12.1. The van der Waals surface area contributed by atoms with E-state index in [1.54, 1.807) is 18.2 Å². The summed E-state index contributed by atoms with van der Waals surface area (Å²) in [6, 6.07) is 16.2. The molecule has 3 rings (SSSR count). The van der Waals surface area contributed by atoms with Gasteiger partial charge >= 0.3 is 0 Å². The molecule has 0 fully saturated rings. The fourth-order valence-corrected chi connectivity index (χ4v) is 2.48. The van der Waals surface area contributed by atoms with Crippen LogP contribution in [-0.2, 0) is 13.2 Å². The fourth-order valence-electron chi connectivity index (χ4n) is 2.48. The number of ether oxygens (including phenoxy) is 1. The normalized spacial score (nSPS) is 10.4. The first kappa shape index (κ1) is 16.5. The van der Waals surface area contributed by atoms with Crippen molar-refractivity contribution in [3.05, 3.63) is 76.6 Å². The Hall–Kier alpha value is -3.33. The minimum absolute atomic E-state index is 0.126. The Balaban J connectivity index is 1.85. The van der Waals surface area contributed by atoms with Crippen LogP contribution in [0.25, 0.3) is 0 Å². The highest BCUT2D eigenvalue weighted by Crippen LogP contribution is 2.25. The van der Waals surface area contributed by atoms with Gasteiger partial charge in [-0.05, 0) is 24.1 Å². The van der Waals surface area contributed by atoms with Gasteiger partial charge < -0.3 is 10.5 Å². The molecule has 0 bridgehead atoms. The number of hydrogen-bond acceptors (Lipinski definition) is 4. The number of anilines is 1. The van der Waals surface area contributed by atoms with Crippen LogP contribution in [0.3, 0.4) is 0 Å². The van der Waals surface area contributed by atoms with Gasteiger partial charge in [-0.1, -0.05) is 42.5 Å². The van der Waals surface area contributed by atoms with Crippen LogP contribution in [-0.4, -0.2) is 9.78 Å². The molecule has 2 N–H and O–H groups in total. The lowest BCUT2D eigenvalue weighted by atomic mass is 10.1. The van der Waals surface area contributed by atoms with Crippen molar-refractivity contribution in [1.29, 1.82) is 5.26 Å². The van der Waals surface area contributed by atoms with Crippen LogP contribution in [0.5, 0.6) is 5.88 Å². The Morgan fingerprint density at radius 1 is 1.16 bits per heavy atom. The maximum atomic E-state index is 13.8. The monoisotopic (exact) mass is 336 g/mol. The number of halogens is 1. The highest BCUT2D eigenvalue weighted by atomic mass is 19.1. The molecule has 0 unspecified atom stereocenters. The van der Waals surface area contributed by atoms with Crippen LogP contribution in [0.4, 0.5) is 10.2 Å². The number of aromatic nitrogens is 2. The molecule has 5 nitrogen and oxygen atoms in total. The topological polar surface area (TPSA) is 76.9 Å². The van der Waals surface area contributed by atoms with Crippen LogP contribution >= 0.6 is 0 Å². The Bertz CT molecular complexity index is 943. The second-order valence-electron chi connectivity index (χ2n) is 5.64. The summed E-state index contributed by atoms with van der Waals surface area (Å²) in [7, 11) is 0. The third kappa shape index (κ3) is 3.45. The molecule has 1 aromatic heterocycles. The van der Waals surface area contributed by atoms with Crippen molar-refractivity contribution in [2.24, 2.45) is 0 Å². The van der Waals surface area contributed by atoms with Crippen molar-refractivity contribution in [3.8, 4) is 11.9 Å². The SMILES string of the molecule is Cc1ccccc1COc1nn(Cc2ccccc2F)c(N)c1C#N. The second-order valence-corrected chi connectivity index (χ2v) is 5.64. The number of nitrogen functional groups attached to an aromatic ring is 1. The molecular weight excluding hydrogens is 319 g/mol. The zero-order valence-electron chi connectivity index (χ0n) is 13.7. The molecule has 0 aliphatic rings. The minimum atomic E-state index is -0.349. The average molecular weight is 336 g/mol. The van der Waals surface area contributed by atoms with Crippen LogP contribution in [0.2, 0.25) is 0 Å². The largest absolute Gasteiger partial charge is 0.471 e. The molecule has 0 aliphatic heterocycles. The third-order valence-corrected chi connectivity index (χ3v) is 3.98. The molecule has 126 valence electrons. The van der Waals surface area contributed by atoms with E-state index in [0.717, 1.165) is 11.1 Å². The Morgan fingerprint density at radius 3 is 2.52 bits per heavy atom. The van der Waals surface area contributed by atoms with Gasteiger partial charge in [0.05, 0.1) is 6.54 Å². The van der Waals surface area contributed by atoms with Crippen LogP contribution in [0, 0.1) is 24.1 Å². The quantitative estimate of drug-likeness (QED) is 0.774. The standard InChI is InChI=1S/C19H17FN4O/c1-13-6-2-3-8-15(13)12-25-19-16(10-21)18(22)24(23-19)11-14-7-4-5-9-17(14)20/h2-9H,11-12,22H2,1H3. The smallest absolute Gasteiger partial charge is 0.253 e. The van der Waals surface area contributed by atoms with E-state index in [-0.39, 0.29) is 36.2 Å². The highest BCUT2D eigenvalue weighted by molar-refractivity contribution is 5.55. The second kappa shape index (κ2) is 7.05. The number of rotatable bonds is 5. The van der Waals surface area contributed by atoms with E-state index < -0.39 is 0 Å². The predicted molar refractivity (Wildman–Crippen MR) is 92.4 cm³/mol. The van der Waals surface area contributed by atoms with Gasteiger partial charge in [-0.25, -0.2) is 9.07 Å². The Morgan fingerprint density at radius 2 is 1.84 bits per heavy atom. The van der Waals surface area contributed by atoms with Gasteiger partial charge in [0.2, 0.25) is 0 Å². The van der Waals surface area contributed by atoms with Crippen LogP contribution in [0.15, 0.2) is 48.5 Å². The van der Waals surface area contributed by atoms with Gasteiger partial charge in [0, 0.05) is 5.56 Å². The van der Waals surface area contributed by atoms with E-state index in [1.165, 1.54) is 10.7 Å². The molecule has 3 aromatic rings. The first-order valence-corrected chi connectivity index (χ1v) is 7.77. The van der Waals surface area contributed by atoms with Crippen molar-refractivity contribution in [1.82, 2.24) is 9.78 Å². The summed E-state index contributed by atoms with van der Waals surface area (Å²) < 4.78 is 20.9. The molecular formula is C19H17FN4O. The summed E-state index contributed by atoms with van der Waals surface area (Å²) in [5, 5.41) is 13.6. The predicted octanol–water partition coefficient (Wildman–Crippen LogP) is 3.41. The molecule has 0 amide bonds. The molecule has 0 radical (unpaired) electrons. The molecule has 0 saturated heterocycles. The molecule has 1 heterocycles. The summed E-state index contributed by atoms with van der Waals surface area (Å²) in [6.07, 6.45) is 0. The summed E-state index contributed by atoms with van der Waals surface area (Å²) >= 11 is 0. The van der Waals surface area contributed by atoms with Crippen molar-refractivity contribution >= 4 is 5.82 Å². The zero-order valence-corrected chi connectivity index (χ0v) is 13.7. The zero-order chi connectivity index (χ0) is 17.8. The highest BCUT2D eigenvalue weighted by Gasteiger charge is 2.18. The number of hydrogen-bond donors (Lipinski definition) is 1. The third-order valence-electron chi connectivity index (χ3n) is 3.98. The van der Waals surface area contributed by atoms with E-state index in [9.17, 15) is 9.65 Å². The number of aryl methyl sites for hydroxylation is 1. The lowest BCUT2D eigenvalue weighted by molar-refractivity contribution is 0.288. The molecule has 2 aromatic carbocycles. The van der Waals surface area contributed by atoms with Crippen LogP contribution < -0.4 is 10.5 Å². The van der Waals surface area contributed by atoms with Crippen molar-refractivity contribution in [3.63, 3.8) is 0 Å². The van der Waals surface area contributed by atoms with Crippen molar-refractivity contribution in [2.45, 2.75) is 20.1 Å². The molecule has 25 heavy (non-hydrogen) atoms. The van der Waals surface area contributed by atoms with Gasteiger partial charge in [-0.15, -0.1) is 5.10 Å². The summed E-state index contributed by atoms with van der Waals surface area (Å²) in [5.74, 6) is -0.0385. The first-order valence-electron chi connectivity index (χ1n) is 7.77. The fraction of sp³-hybridized carbons (Fsp3) is 0.158. The van der Waals surface area contributed by atoms with Gasteiger partial charge in [-0.3, -0.25) is 0 Å². The summed E-state index contributed by atoms with van der Waals surface area (Å²) in [4.78, 5) is 0. The van der Waals surface area contributed by atoms with Gasteiger partial charge in [0.15, 0.2) is 5.56 Å². The molecule has 0 aliphatic carbocycles. The van der Waals surface area contributed by atoms with Gasteiger partial charge in [0.25, 0.3) is 5.88 Å². The maximum Gasteiger partial charge on any atom is 0.253 e. The summed E-state index contributed by atoms with van der Waals surface area (Å²) in [5.41, 5.74) is 8.66. The van der Waals surface area contributed by atoms with Gasteiger partial charge in [0.1, 0.15) is 24.3 Å². The number of benzene rings is 2. The van der Waals surface area contributed by atoms with Gasteiger partial charge in [-0.2, -0.15) is 5.26 Å². The molecule has 0 saturated carbocycles. The van der Waals surface area contributed by atoms with E-state index >= 15 is 0 Å². The Kier molecular flexibility index (Phi) is 4.66. The lowest BCUT2D eigenvalue weighted by Crippen LogP contribution is -2.07. The Labute approximate surface area is 145 Å². The number of nitrogens with two attached hydrogens (primary N) is 1. The molecule has 6 heteroatoms. The van der Waals surface area contributed by atoms with Crippen molar-refractivity contribution < 1.29 is 9.13 Å². The lowest BCUT2D eigenvalue weighted by Gasteiger charge is -2.06. The summed E-state index contributed by atoms with van der Waals surface area (Å²) in [6.45, 7) is 2.38. The van der Waals surface area contributed by atoms with Crippen LogP contribution in [0.1, 0.15) is 22.3 Å². The maximum absolute atomic E-state index is 13.8. The average Bonchev–Trinajstić information content (AvgIpc) is 2.91. The number of nitrogens with zero attached hydrogens (tertiary/aromatic N) is 3. The molecule has 0 atom stereocenters.